The minimum Gasteiger partial charge on any atom is -0.486 e. The van der Waals surface area contributed by atoms with E-state index in [9.17, 15) is 15.0 Å². The molecule has 2 fully saturated rings. The van der Waals surface area contributed by atoms with Crippen molar-refractivity contribution in [2.24, 2.45) is 16.6 Å². The summed E-state index contributed by atoms with van der Waals surface area (Å²) in [6, 6.07) is 0. The molecule has 1 aromatic heterocycles. The topological polar surface area (TPSA) is 142 Å². The number of nitrogens with two attached hydrogens (primary N) is 1. The molecule has 0 aromatic carbocycles. The average Bonchev–Trinajstić information content (AvgIpc) is 3.61. The Morgan fingerprint density at radius 1 is 1.02 bits per heavy atom. The zero-order chi connectivity index (χ0) is 33.9. The maximum atomic E-state index is 11.9. The summed E-state index contributed by atoms with van der Waals surface area (Å²) in [6.45, 7) is 16.5. The van der Waals surface area contributed by atoms with Crippen molar-refractivity contribution in [3.8, 4) is 17.0 Å². The minimum absolute atomic E-state index is 0.168. The van der Waals surface area contributed by atoms with Gasteiger partial charge in [-0.05, 0) is 20.3 Å². The van der Waals surface area contributed by atoms with Crippen LogP contribution in [0.2, 0.25) is 0 Å². The number of aliphatic hydroxyl groups excluding tert-OH is 2. The van der Waals surface area contributed by atoms with Crippen molar-refractivity contribution >= 4 is 46.9 Å². The molecule has 0 radical (unpaired) electrons. The molecule has 0 saturated carbocycles. The van der Waals surface area contributed by atoms with E-state index < -0.39 is 36.2 Å². The highest BCUT2D eigenvalue weighted by Gasteiger charge is 2.56. The minimum atomic E-state index is -0.818. The van der Waals surface area contributed by atoms with E-state index in [1.807, 2.05) is 73.5 Å². The number of carbonyl (C=O) groups is 1. The second-order valence-corrected chi connectivity index (χ2v) is 17.3. The number of hydrogen-bond acceptors (Lipinski definition) is 8. The Balaban J connectivity index is 1.47. The van der Waals surface area contributed by atoms with Crippen LogP contribution in [-0.4, -0.2) is 92.8 Å². The van der Waals surface area contributed by atoms with Crippen molar-refractivity contribution in [2.75, 3.05) is 31.3 Å². The fraction of sp³-hybridized carbons (Fsp3) is 0.656. The fourth-order valence-electron chi connectivity index (χ4n) is 4.90. The van der Waals surface area contributed by atoms with Gasteiger partial charge < -0.3 is 49.3 Å². The van der Waals surface area contributed by atoms with Crippen molar-refractivity contribution in [2.45, 2.75) is 92.1 Å². The molecule has 0 bridgehead atoms. The van der Waals surface area contributed by atoms with Crippen LogP contribution >= 0.6 is 30.9 Å². The number of amides is 1. The fourth-order valence-corrected chi connectivity index (χ4v) is 7.63. The first-order valence-electron chi connectivity index (χ1n) is 15.5. The number of rotatable bonds is 13. The van der Waals surface area contributed by atoms with Gasteiger partial charge in [-0.2, -0.15) is 22.7 Å². The van der Waals surface area contributed by atoms with Crippen molar-refractivity contribution in [3.05, 3.63) is 29.8 Å². The van der Waals surface area contributed by atoms with Gasteiger partial charge >= 0.3 is 0 Å². The van der Waals surface area contributed by atoms with Gasteiger partial charge in [0.25, 0.3) is 0 Å². The van der Waals surface area contributed by atoms with Crippen molar-refractivity contribution in [3.63, 3.8) is 0 Å². The van der Waals surface area contributed by atoms with Crippen LogP contribution in [0.25, 0.3) is 0 Å². The van der Waals surface area contributed by atoms with Gasteiger partial charge in [-0.3, -0.25) is 4.79 Å². The van der Waals surface area contributed by atoms with Gasteiger partial charge in [0.05, 0.1) is 23.3 Å². The SMILES string of the molecule is CC1(C)OC2C(COc3c[pH]c(OCC[SH]=C(O)C(C)(C)C)c3OCC[SH]=C(O)C(C)(C)C)OC(N3C=CCC(C(N)=O)=C3)C2O1. The smallest absolute Gasteiger partial charge is 0.246 e. The van der Waals surface area contributed by atoms with Crippen LogP contribution in [0.1, 0.15) is 61.8 Å². The number of thiol groups is 2. The van der Waals surface area contributed by atoms with Crippen LogP contribution in [0.3, 0.4) is 0 Å². The molecule has 4 heterocycles. The number of fused-ring (bicyclic) bond motifs is 1. The molecule has 260 valence electrons. The third-order valence-electron chi connectivity index (χ3n) is 7.36. The number of nitrogens with zero attached hydrogens (tertiary/aromatic N) is 1. The third kappa shape index (κ3) is 9.63. The third-order valence-corrected chi connectivity index (χ3v) is 11.2. The van der Waals surface area contributed by atoms with Gasteiger partial charge in [-0.15, -0.1) is 0 Å². The lowest BCUT2D eigenvalue weighted by molar-refractivity contribution is -0.201. The van der Waals surface area contributed by atoms with Gasteiger partial charge in [0, 0.05) is 46.1 Å². The quantitative estimate of drug-likeness (QED) is 0.107. The number of allylic oxidation sites excluding steroid dienone is 1. The standard InChI is InChI=1S/C32H51N2O9PS2/c1-30(2,3)28(36)45-14-12-38-23-21(18-44-27(23)39-13-15-46-29(37)31(4,5)6)40-17-20-22-24(43-32(7,8)42-22)26(41-20)34-11-9-10-19(16-34)25(33)35/h9,11,16,18,20,22,24,26,36-37,44-46H,10,12-15,17H2,1-8H3,(H2,33,35). The molecule has 46 heavy (non-hydrogen) atoms. The molecular weight excluding hydrogens is 651 g/mol. The molecule has 1 amide bonds. The molecule has 4 N–H and O–H groups in total. The summed E-state index contributed by atoms with van der Waals surface area (Å²) in [7, 11) is 0.210. The van der Waals surface area contributed by atoms with E-state index in [1.165, 1.54) is 0 Å². The summed E-state index contributed by atoms with van der Waals surface area (Å²) in [4.78, 5) is 13.7. The summed E-state index contributed by atoms with van der Waals surface area (Å²) in [6.07, 6.45) is 4.04. The van der Waals surface area contributed by atoms with Crippen LogP contribution in [0.5, 0.6) is 17.0 Å². The summed E-state index contributed by atoms with van der Waals surface area (Å²) in [5.41, 5.74) is 6.14. The molecule has 11 nitrogen and oxygen atoms in total. The number of aliphatic hydroxyl groups is 2. The van der Waals surface area contributed by atoms with Crippen LogP contribution in [0.15, 0.2) is 29.8 Å². The van der Waals surface area contributed by atoms with Crippen LogP contribution in [-0.2, 0) is 19.0 Å². The normalized spacial score (nSPS) is 25.5. The van der Waals surface area contributed by atoms with E-state index in [0.717, 1.165) is 22.7 Å². The highest BCUT2D eigenvalue weighted by molar-refractivity contribution is 7.98. The summed E-state index contributed by atoms with van der Waals surface area (Å²) in [5, 5.41) is 21.5. The molecule has 3 aliphatic rings. The Kier molecular flexibility index (Phi) is 12.2. The zero-order valence-electron chi connectivity index (χ0n) is 28.0. The highest BCUT2D eigenvalue weighted by atomic mass is 32.1. The van der Waals surface area contributed by atoms with E-state index in [4.69, 9.17) is 34.2 Å². The molecule has 1 aromatic rings. The Morgan fingerprint density at radius 2 is 1.63 bits per heavy atom. The van der Waals surface area contributed by atoms with E-state index >= 15 is 0 Å². The molecule has 0 spiro atoms. The van der Waals surface area contributed by atoms with Crippen LogP contribution in [0.4, 0.5) is 0 Å². The molecule has 14 heteroatoms. The lowest BCUT2D eigenvalue weighted by Crippen LogP contribution is -2.40. The van der Waals surface area contributed by atoms with Crippen LogP contribution in [0, 0.1) is 10.8 Å². The summed E-state index contributed by atoms with van der Waals surface area (Å²) in [5.74, 6) is 2.99. The monoisotopic (exact) mass is 702 g/mol. The maximum absolute atomic E-state index is 11.9. The first-order chi connectivity index (χ1) is 21.5. The Bertz CT molecular complexity index is 1360. The number of ether oxygens (including phenoxy) is 6. The lowest BCUT2D eigenvalue weighted by atomic mass is 9.99. The summed E-state index contributed by atoms with van der Waals surface area (Å²) >= 11 is 1.63. The highest BCUT2D eigenvalue weighted by Crippen LogP contribution is 2.48. The first-order valence-corrected chi connectivity index (χ1v) is 18.7. The predicted octanol–water partition coefficient (Wildman–Crippen LogP) is 5.09. The second-order valence-electron chi connectivity index (χ2n) is 13.9. The van der Waals surface area contributed by atoms with Gasteiger partial charge in [-0.25, -0.2) is 0 Å². The molecule has 3 aliphatic heterocycles. The second kappa shape index (κ2) is 15.2. The Labute approximate surface area is 281 Å². The largest absolute Gasteiger partial charge is 0.486 e. The molecule has 4 rings (SSSR count). The Hall–Kier alpha value is -1.83. The average molecular weight is 703 g/mol. The van der Waals surface area contributed by atoms with E-state index in [2.05, 4.69) is 0 Å². The first kappa shape index (κ1) is 37.0. The molecule has 5 unspecified atom stereocenters. The van der Waals surface area contributed by atoms with Crippen molar-refractivity contribution < 1.29 is 43.4 Å². The van der Waals surface area contributed by atoms with Gasteiger partial charge in [0.15, 0.2) is 23.2 Å². The molecule has 2 saturated heterocycles. The van der Waals surface area contributed by atoms with E-state index in [1.54, 1.807) is 11.1 Å². The zero-order valence-corrected chi connectivity index (χ0v) is 30.8. The number of carbonyl (C=O) groups excluding carboxylic acids is 1. The molecule has 5 atom stereocenters. The lowest BCUT2D eigenvalue weighted by Gasteiger charge is -2.31. The van der Waals surface area contributed by atoms with Crippen LogP contribution < -0.4 is 19.9 Å². The van der Waals surface area contributed by atoms with E-state index in [0.29, 0.717) is 63.8 Å². The predicted molar refractivity (Wildman–Crippen MR) is 190 cm³/mol. The number of hydrogen-bond donors (Lipinski definition) is 5. The molecule has 0 aliphatic carbocycles. The maximum Gasteiger partial charge on any atom is 0.246 e. The van der Waals surface area contributed by atoms with Gasteiger partial charge in [0.2, 0.25) is 11.7 Å². The van der Waals surface area contributed by atoms with Gasteiger partial charge in [-0.1, -0.05) is 55.8 Å². The van der Waals surface area contributed by atoms with Gasteiger partial charge in [0.1, 0.15) is 24.9 Å². The van der Waals surface area contributed by atoms with Crippen molar-refractivity contribution in [1.29, 1.82) is 0 Å². The Morgan fingerprint density at radius 3 is 2.24 bits per heavy atom. The number of primary amides is 1. The van der Waals surface area contributed by atoms with Crippen molar-refractivity contribution in [1.82, 2.24) is 4.90 Å². The van der Waals surface area contributed by atoms with E-state index in [-0.39, 0.29) is 25.6 Å². The summed E-state index contributed by atoms with van der Waals surface area (Å²) < 4.78 is 37.6. The molecular formula is C32H51N2O9PS2.